The van der Waals surface area contributed by atoms with Crippen molar-refractivity contribution in [2.45, 2.75) is 43.6 Å². The van der Waals surface area contributed by atoms with E-state index in [0.717, 1.165) is 18.6 Å². The van der Waals surface area contributed by atoms with Gasteiger partial charge in [-0.05, 0) is 75.1 Å². The van der Waals surface area contributed by atoms with Crippen LogP contribution < -0.4 is 9.04 Å². The van der Waals surface area contributed by atoms with E-state index in [1.54, 1.807) is 25.1 Å². The first-order valence-electron chi connectivity index (χ1n) is 8.66. The molecular formula is C19H21Cl2NO3S. The lowest BCUT2D eigenvalue weighted by Crippen LogP contribution is -2.31. The molecule has 2 aromatic carbocycles. The first-order chi connectivity index (χ1) is 12.4. The Labute approximate surface area is 164 Å². The number of sulfonamides is 1. The Morgan fingerprint density at radius 1 is 1.08 bits per heavy atom. The van der Waals surface area contributed by atoms with Crippen LogP contribution in [0.3, 0.4) is 0 Å². The zero-order valence-electron chi connectivity index (χ0n) is 14.5. The van der Waals surface area contributed by atoms with E-state index in [9.17, 15) is 8.42 Å². The second-order valence-electron chi connectivity index (χ2n) is 6.26. The second-order valence-corrected chi connectivity index (χ2v) is 8.94. The van der Waals surface area contributed by atoms with Crippen LogP contribution in [0, 0.1) is 0 Å². The Morgan fingerprint density at radius 3 is 2.35 bits per heavy atom. The summed E-state index contributed by atoms with van der Waals surface area (Å²) in [5, 5.41) is 0.471. The van der Waals surface area contributed by atoms with Gasteiger partial charge in [0.1, 0.15) is 10.6 Å². The topological polar surface area (TPSA) is 46.6 Å². The molecule has 7 heteroatoms. The summed E-state index contributed by atoms with van der Waals surface area (Å²) in [7, 11) is -3.82. The van der Waals surface area contributed by atoms with Gasteiger partial charge in [-0.15, -0.1) is 0 Å². The van der Waals surface area contributed by atoms with E-state index >= 15 is 0 Å². The zero-order valence-corrected chi connectivity index (χ0v) is 16.8. The molecule has 0 unspecified atom stereocenters. The maximum absolute atomic E-state index is 13.1. The van der Waals surface area contributed by atoms with Gasteiger partial charge in [0.15, 0.2) is 0 Å². The van der Waals surface area contributed by atoms with Crippen molar-refractivity contribution in [2.24, 2.45) is 0 Å². The molecule has 0 amide bonds. The zero-order chi connectivity index (χ0) is 18.7. The Balaban J connectivity index is 1.86. The predicted octanol–water partition coefficient (Wildman–Crippen LogP) is 5.53. The largest absolute Gasteiger partial charge is 0.490 e. The number of ether oxygens (including phenoxy) is 1. The quantitative estimate of drug-likeness (QED) is 0.625. The minimum absolute atomic E-state index is 0.000186. The van der Waals surface area contributed by atoms with E-state index in [1.807, 2.05) is 12.1 Å². The molecule has 0 N–H and O–H groups in total. The summed E-state index contributed by atoms with van der Waals surface area (Å²) in [5.74, 6) is 0.759. The van der Waals surface area contributed by atoms with Crippen molar-refractivity contribution in [3.8, 4) is 5.75 Å². The number of anilines is 1. The molecule has 0 spiro atoms. The van der Waals surface area contributed by atoms with E-state index in [0.29, 0.717) is 10.7 Å². The molecule has 4 nitrogen and oxygen atoms in total. The normalized spacial score (nSPS) is 15.2. The standard InChI is InChI=1S/C19H21Cl2NO3S/c1-2-22(26(23,24)19-13-14(20)7-12-18(19)21)15-8-10-17(11-9-15)25-16-5-3-4-6-16/h7-13,16H,2-6H2,1H3. The van der Waals surface area contributed by atoms with Crippen LogP contribution in [0.1, 0.15) is 32.6 Å². The molecule has 0 radical (unpaired) electrons. The van der Waals surface area contributed by atoms with E-state index in [1.165, 1.54) is 29.3 Å². The van der Waals surface area contributed by atoms with Crippen LogP contribution in [0.25, 0.3) is 0 Å². The van der Waals surface area contributed by atoms with Gasteiger partial charge in [0.25, 0.3) is 10.0 Å². The summed E-state index contributed by atoms with van der Waals surface area (Å²) in [6.45, 7) is 2.05. The number of benzene rings is 2. The lowest BCUT2D eigenvalue weighted by atomic mass is 10.2. The maximum atomic E-state index is 13.1. The highest BCUT2D eigenvalue weighted by atomic mass is 35.5. The van der Waals surface area contributed by atoms with Gasteiger partial charge in [-0.3, -0.25) is 4.31 Å². The number of hydrogen-bond donors (Lipinski definition) is 0. The summed E-state index contributed by atoms with van der Waals surface area (Å²) >= 11 is 12.1. The highest BCUT2D eigenvalue weighted by Gasteiger charge is 2.26. The summed E-state index contributed by atoms with van der Waals surface area (Å²) in [6, 6.07) is 11.6. The van der Waals surface area contributed by atoms with Gasteiger partial charge >= 0.3 is 0 Å². The smallest absolute Gasteiger partial charge is 0.265 e. The lowest BCUT2D eigenvalue weighted by Gasteiger charge is -2.24. The summed E-state index contributed by atoms with van der Waals surface area (Å²) in [6.07, 6.45) is 4.81. The molecule has 2 aromatic rings. The highest BCUT2D eigenvalue weighted by molar-refractivity contribution is 7.93. The monoisotopic (exact) mass is 413 g/mol. The fraction of sp³-hybridized carbons (Fsp3) is 0.368. The van der Waals surface area contributed by atoms with Gasteiger partial charge in [0.05, 0.1) is 16.8 Å². The first-order valence-corrected chi connectivity index (χ1v) is 10.9. The Hall–Kier alpha value is -1.43. The van der Waals surface area contributed by atoms with Gasteiger partial charge in [0, 0.05) is 11.6 Å². The Morgan fingerprint density at radius 2 is 1.73 bits per heavy atom. The maximum Gasteiger partial charge on any atom is 0.265 e. The molecule has 1 aliphatic carbocycles. The van der Waals surface area contributed by atoms with Crippen LogP contribution in [0.4, 0.5) is 5.69 Å². The molecule has 26 heavy (non-hydrogen) atoms. The molecule has 3 rings (SSSR count). The molecule has 0 bridgehead atoms. The minimum atomic E-state index is -3.82. The Bertz CT molecular complexity index is 863. The van der Waals surface area contributed by atoms with Crippen molar-refractivity contribution in [3.63, 3.8) is 0 Å². The average molecular weight is 414 g/mol. The molecule has 1 saturated carbocycles. The van der Waals surface area contributed by atoms with E-state index in [2.05, 4.69) is 0 Å². The van der Waals surface area contributed by atoms with Crippen LogP contribution >= 0.6 is 23.2 Å². The van der Waals surface area contributed by atoms with Crippen molar-refractivity contribution in [1.82, 2.24) is 0 Å². The number of hydrogen-bond acceptors (Lipinski definition) is 3. The molecular weight excluding hydrogens is 393 g/mol. The second kappa shape index (κ2) is 8.07. The van der Waals surface area contributed by atoms with Crippen molar-refractivity contribution < 1.29 is 13.2 Å². The van der Waals surface area contributed by atoms with Crippen molar-refractivity contribution in [2.75, 3.05) is 10.8 Å². The molecule has 0 atom stereocenters. The molecule has 0 aliphatic heterocycles. The SMILES string of the molecule is CCN(c1ccc(OC2CCCC2)cc1)S(=O)(=O)c1cc(Cl)ccc1Cl. The fourth-order valence-corrected chi connectivity index (χ4v) is 5.39. The van der Waals surface area contributed by atoms with Crippen molar-refractivity contribution >= 4 is 38.9 Å². The van der Waals surface area contributed by atoms with Gasteiger partial charge in [-0.25, -0.2) is 8.42 Å². The van der Waals surface area contributed by atoms with Crippen LogP contribution in [0.15, 0.2) is 47.4 Å². The number of halogens is 2. The van der Waals surface area contributed by atoms with Gasteiger partial charge in [0.2, 0.25) is 0 Å². The third kappa shape index (κ3) is 4.11. The molecule has 0 heterocycles. The predicted molar refractivity (Wildman–Crippen MR) is 106 cm³/mol. The summed E-state index contributed by atoms with van der Waals surface area (Å²) < 4.78 is 33.4. The van der Waals surface area contributed by atoms with Crippen molar-refractivity contribution in [1.29, 1.82) is 0 Å². The minimum Gasteiger partial charge on any atom is -0.490 e. The first kappa shape index (κ1) is 19.3. The number of rotatable bonds is 6. The lowest BCUT2D eigenvalue weighted by molar-refractivity contribution is 0.210. The molecule has 0 aromatic heterocycles. The van der Waals surface area contributed by atoms with Crippen molar-refractivity contribution in [3.05, 3.63) is 52.5 Å². The van der Waals surface area contributed by atoms with E-state index in [-0.39, 0.29) is 22.6 Å². The highest BCUT2D eigenvalue weighted by Crippen LogP contribution is 2.32. The summed E-state index contributed by atoms with van der Waals surface area (Å²) in [4.78, 5) is -0.000186. The van der Waals surface area contributed by atoms with Crippen LogP contribution in [0.2, 0.25) is 10.0 Å². The van der Waals surface area contributed by atoms with E-state index < -0.39 is 10.0 Å². The van der Waals surface area contributed by atoms with Gasteiger partial charge in [-0.1, -0.05) is 23.2 Å². The average Bonchev–Trinajstić information content (AvgIpc) is 3.12. The third-order valence-electron chi connectivity index (χ3n) is 4.48. The Kier molecular flexibility index (Phi) is 6.00. The van der Waals surface area contributed by atoms with Crippen LogP contribution in [-0.4, -0.2) is 21.1 Å². The summed E-state index contributed by atoms with van der Waals surface area (Å²) in [5.41, 5.74) is 0.558. The van der Waals surface area contributed by atoms with Crippen LogP contribution in [-0.2, 0) is 10.0 Å². The fourth-order valence-electron chi connectivity index (χ4n) is 3.17. The van der Waals surface area contributed by atoms with Gasteiger partial charge in [-0.2, -0.15) is 0 Å². The van der Waals surface area contributed by atoms with Crippen LogP contribution in [0.5, 0.6) is 5.75 Å². The molecule has 1 fully saturated rings. The molecule has 140 valence electrons. The van der Waals surface area contributed by atoms with E-state index in [4.69, 9.17) is 27.9 Å². The number of nitrogens with zero attached hydrogens (tertiary/aromatic N) is 1. The molecule has 1 aliphatic rings. The third-order valence-corrected chi connectivity index (χ3v) is 7.10. The van der Waals surface area contributed by atoms with Gasteiger partial charge < -0.3 is 4.74 Å². The molecule has 0 saturated heterocycles.